The van der Waals surface area contributed by atoms with Crippen molar-refractivity contribution in [3.63, 3.8) is 0 Å². The van der Waals surface area contributed by atoms with Crippen LogP contribution in [0.25, 0.3) is 0 Å². The largest absolute Gasteiger partial charge is 0.472 e. The number of allylic oxidation sites excluding steroid dienone is 8. The van der Waals surface area contributed by atoms with E-state index in [1.165, 1.54) is 32.1 Å². The molecule has 13 nitrogen and oxygen atoms in total. The van der Waals surface area contributed by atoms with E-state index in [0.717, 1.165) is 77.0 Å². The summed E-state index contributed by atoms with van der Waals surface area (Å²) >= 11 is 0. The van der Waals surface area contributed by atoms with Crippen LogP contribution in [0.3, 0.4) is 0 Å². The maximum Gasteiger partial charge on any atom is 0.472 e. The number of phosphoric acid groups is 1. The Bertz CT molecular complexity index is 1170. The number of rotatable bonds is 33. The first kappa shape index (κ1) is 51.8. The van der Waals surface area contributed by atoms with Gasteiger partial charge in [0, 0.05) is 12.8 Å². The summed E-state index contributed by atoms with van der Waals surface area (Å²) in [6.45, 7) is 3.11. The second-order valence-corrected chi connectivity index (χ2v) is 15.9. The van der Waals surface area contributed by atoms with Crippen molar-refractivity contribution in [2.75, 3.05) is 13.2 Å². The van der Waals surface area contributed by atoms with Crippen LogP contribution in [0.2, 0.25) is 0 Å². The Morgan fingerprint density at radius 2 is 1.02 bits per heavy atom. The highest BCUT2D eigenvalue weighted by Gasteiger charge is 2.51. The molecule has 14 heteroatoms. The van der Waals surface area contributed by atoms with Gasteiger partial charge in [-0.1, -0.05) is 114 Å². The zero-order valence-electron chi connectivity index (χ0n) is 33.9. The molecule has 0 bridgehead atoms. The summed E-state index contributed by atoms with van der Waals surface area (Å²) in [6.07, 6.45) is 23.2. The first-order valence-electron chi connectivity index (χ1n) is 20.9. The van der Waals surface area contributed by atoms with Gasteiger partial charge in [0.25, 0.3) is 0 Å². The van der Waals surface area contributed by atoms with Gasteiger partial charge in [0.15, 0.2) is 6.10 Å². The molecular formula is C42H73O13P. The lowest BCUT2D eigenvalue weighted by Gasteiger charge is -2.41. The fourth-order valence-electron chi connectivity index (χ4n) is 6.00. The van der Waals surface area contributed by atoms with E-state index >= 15 is 0 Å². The maximum atomic E-state index is 12.8. The van der Waals surface area contributed by atoms with Gasteiger partial charge in [-0.2, -0.15) is 0 Å². The molecule has 1 aliphatic carbocycles. The lowest BCUT2D eigenvalue weighted by molar-refractivity contribution is -0.220. The van der Waals surface area contributed by atoms with Gasteiger partial charge in [0.1, 0.15) is 43.2 Å². The zero-order chi connectivity index (χ0) is 41.4. The summed E-state index contributed by atoms with van der Waals surface area (Å²) in [6, 6.07) is 0. The van der Waals surface area contributed by atoms with Crippen molar-refractivity contribution >= 4 is 19.8 Å². The molecule has 0 aromatic carbocycles. The Labute approximate surface area is 335 Å². The molecule has 0 spiro atoms. The molecule has 0 amide bonds. The number of aliphatic hydroxyl groups excluding tert-OH is 5. The van der Waals surface area contributed by atoms with Crippen molar-refractivity contribution in [2.45, 2.75) is 191 Å². The van der Waals surface area contributed by atoms with Gasteiger partial charge < -0.3 is 39.9 Å². The van der Waals surface area contributed by atoms with Gasteiger partial charge in [-0.15, -0.1) is 0 Å². The Balaban J connectivity index is 2.54. The molecule has 1 rings (SSSR count). The van der Waals surface area contributed by atoms with Crippen LogP contribution in [0.4, 0.5) is 0 Å². The first-order valence-corrected chi connectivity index (χ1v) is 22.4. The highest BCUT2D eigenvalue weighted by molar-refractivity contribution is 7.47. The second kappa shape index (κ2) is 32.7. The minimum Gasteiger partial charge on any atom is -0.462 e. The molecule has 6 atom stereocenters. The average Bonchev–Trinajstić information content (AvgIpc) is 3.18. The Morgan fingerprint density at radius 1 is 0.571 bits per heavy atom. The molecule has 0 aliphatic heterocycles. The third-order valence-electron chi connectivity index (χ3n) is 9.40. The number of unbranched alkanes of at least 4 members (excludes halogenated alkanes) is 13. The Hall–Kier alpha value is -2.19. The molecule has 0 heterocycles. The Kier molecular flexibility index (Phi) is 30.3. The van der Waals surface area contributed by atoms with Crippen LogP contribution >= 0.6 is 7.82 Å². The van der Waals surface area contributed by atoms with Crippen LogP contribution < -0.4 is 0 Å². The topological polar surface area (TPSA) is 210 Å². The third kappa shape index (κ3) is 25.2. The smallest absolute Gasteiger partial charge is 0.462 e. The van der Waals surface area contributed by atoms with E-state index in [4.69, 9.17) is 18.5 Å². The van der Waals surface area contributed by atoms with Gasteiger partial charge in [0.05, 0.1) is 6.61 Å². The quantitative estimate of drug-likeness (QED) is 0.0168. The van der Waals surface area contributed by atoms with E-state index in [9.17, 15) is 44.6 Å². The monoisotopic (exact) mass is 816 g/mol. The molecule has 1 saturated carbocycles. The Morgan fingerprint density at radius 3 is 1.59 bits per heavy atom. The van der Waals surface area contributed by atoms with E-state index < -0.39 is 75.7 Å². The summed E-state index contributed by atoms with van der Waals surface area (Å²) in [5.74, 6) is -1.15. The van der Waals surface area contributed by atoms with Crippen molar-refractivity contribution < 1.29 is 63.1 Å². The summed E-state index contributed by atoms with van der Waals surface area (Å²) in [4.78, 5) is 35.5. The number of aliphatic hydroxyl groups is 5. The fraction of sp³-hybridized carbons (Fsp3) is 0.762. The molecule has 324 valence electrons. The van der Waals surface area contributed by atoms with Crippen molar-refractivity contribution in [1.82, 2.24) is 0 Å². The third-order valence-corrected chi connectivity index (χ3v) is 10.4. The summed E-state index contributed by atoms with van der Waals surface area (Å²) < 4.78 is 33.4. The molecule has 0 aromatic rings. The predicted molar refractivity (Wildman–Crippen MR) is 216 cm³/mol. The number of carbonyl (C=O) groups excluding carboxylic acids is 2. The fourth-order valence-corrected chi connectivity index (χ4v) is 6.97. The maximum absolute atomic E-state index is 12.8. The molecular weight excluding hydrogens is 743 g/mol. The van der Waals surface area contributed by atoms with Gasteiger partial charge in [-0.3, -0.25) is 18.6 Å². The van der Waals surface area contributed by atoms with Crippen molar-refractivity contribution in [3.05, 3.63) is 48.6 Å². The predicted octanol–water partition coefficient (Wildman–Crippen LogP) is 7.22. The molecule has 1 aliphatic rings. The number of ether oxygens (including phenoxy) is 2. The molecule has 56 heavy (non-hydrogen) atoms. The van der Waals surface area contributed by atoms with Crippen LogP contribution in [0.15, 0.2) is 48.6 Å². The van der Waals surface area contributed by atoms with E-state index in [2.05, 4.69) is 62.5 Å². The van der Waals surface area contributed by atoms with Crippen molar-refractivity contribution in [1.29, 1.82) is 0 Å². The highest BCUT2D eigenvalue weighted by atomic mass is 31.2. The lowest BCUT2D eigenvalue weighted by Crippen LogP contribution is -2.64. The zero-order valence-corrected chi connectivity index (χ0v) is 34.8. The lowest BCUT2D eigenvalue weighted by atomic mass is 9.85. The average molecular weight is 817 g/mol. The van der Waals surface area contributed by atoms with Crippen molar-refractivity contribution in [2.24, 2.45) is 0 Å². The van der Waals surface area contributed by atoms with Crippen LogP contribution in [-0.2, 0) is 32.7 Å². The van der Waals surface area contributed by atoms with Crippen LogP contribution in [0, 0.1) is 0 Å². The first-order chi connectivity index (χ1) is 26.9. The molecule has 0 aromatic heterocycles. The molecule has 6 N–H and O–H groups in total. The number of hydrogen-bond donors (Lipinski definition) is 6. The number of esters is 2. The van der Waals surface area contributed by atoms with Gasteiger partial charge in [-0.05, 0) is 70.6 Å². The van der Waals surface area contributed by atoms with Gasteiger partial charge >= 0.3 is 19.8 Å². The SMILES string of the molecule is CC/C=C\C/C=C\C/C=C\CCCCCC(=O)OC(COC(=O)CCCCCCC/C=C\CCCCCCC)COP(=O)(O)OC1C(O)C(O)C(O)C(O)C1O. The van der Waals surface area contributed by atoms with Gasteiger partial charge in [-0.25, -0.2) is 4.57 Å². The summed E-state index contributed by atoms with van der Waals surface area (Å²) in [7, 11) is -5.12. The van der Waals surface area contributed by atoms with E-state index in [-0.39, 0.29) is 12.8 Å². The van der Waals surface area contributed by atoms with E-state index in [1.54, 1.807) is 0 Å². The standard InChI is InChI=1S/C42H73O13P/c1-3-5-7-9-11-13-15-17-19-20-22-24-26-28-30-35(43)52-32-34(33-53-56(50,51)55-42-40(48)38(46)37(45)39(47)41(42)49)54-36(44)31-29-27-25-23-21-18-16-14-12-10-8-6-4-2/h6,8,12,14-15,17-18,21,34,37-42,45-49H,3-5,7,9-11,13,16,19-20,22-33H2,1-2H3,(H,50,51)/b8-6-,14-12-,17-15-,21-18-. The van der Waals surface area contributed by atoms with E-state index in [1.807, 2.05) is 0 Å². The molecule has 0 saturated heterocycles. The van der Waals surface area contributed by atoms with Crippen LogP contribution in [0.1, 0.15) is 149 Å². The summed E-state index contributed by atoms with van der Waals surface area (Å²) in [5, 5.41) is 50.0. The second-order valence-electron chi connectivity index (χ2n) is 14.5. The van der Waals surface area contributed by atoms with Crippen molar-refractivity contribution in [3.8, 4) is 0 Å². The minimum atomic E-state index is -5.12. The van der Waals surface area contributed by atoms with E-state index in [0.29, 0.717) is 12.8 Å². The highest BCUT2D eigenvalue weighted by Crippen LogP contribution is 2.47. The molecule has 1 fully saturated rings. The van der Waals surface area contributed by atoms with Gasteiger partial charge in [0.2, 0.25) is 0 Å². The summed E-state index contributed by atoms with van der Waals surface area (Å²) in [5.41, 5.74) is 0. The van der Waals surface area contributed by atoms with Crippen LogP contribution in [0.5, 0.6) is 0 Å². The number of carbonyl (C=O) groups is 2. The number of hydrogen-bond acceptors (Lipinski definition) is 12. The minimum absolute atomic E-state index is 0.0584. The van der Waals surface area contributed by atoms with Crippen LogP contribution in [-0.4, -0.2) is 98.3 Å². The molecule has 6 unspecified atom stereocenters. The molecule has 0 radical (unpaired) electrons. The number of phosphoric ester groups is 1. The normalized spacial score (nSPS) is 23.4.